The smallest absolute Gasteiger partial charge is 0.254 e. The first-order chi connectivity index (χ1) is 12.5. The van der Waals surface area contributed by atoms with Crippen LogP contribution in [0.25, 0.3) is 0 Å². The lowest BCUT2D eigenvalue weighted by Crippen LogP contribution is -2.48. The molecule has 0 radical (unpaired) electrons. The van der Waals surface area contributed by atoms with Crippen LogP contribution in [-0.2, 0) is 16.1 Å². The number of ether oxygens (including phenoxy) is 1. The van der Waals surface area contributed by atoms with E-state index in [2.05, 4.69) is 10.6 Å². The molecular weight excluding hydrogens is 366 g/mol. The second-order valence-electron chi connectivity index (χ2n) is 7.44. The molecule has 0 spiro atoms. The molecule has 2 aliphatic rings. The zero-order valence-corrected chi connectivity index (χ0v) is 16.9. The third kappa shape index (κ3) is 6.19. The first kappa shape index (κ1) is 21.7. The van der Waals surface area contributed by atoms with Crippen molar-refractivity contribution in [1.29, 1.82) is 0 Å². The standard InChI is InChI=1S/C20H29N3O3.ClH/c1-14-12-23(13-15(2)26-14)20(25)17-7-5-16(6-8-17)11-22-19(24)10-18-4-3-9-21-18;/h5-8,14-15,18,21H,3-4,9-13H2,1-2H3,(H,22,24);1H. The van der Waals surface area contributed by atoms with Gasteiger partial charge in [0.15, 0.2) is 0 Å². The van der Waals surface area contributed by atoms with Gasteiger partial charge in [0.1, 0.15) is 0 Å². The Morgan fingerprint density at radius 1 is 1.19 bits per heavy atom. The van der Waals surface area contributed by atoms with Crippen molar-refractivity contribution in [3.63, 3.8) is 0 Å². The first-order valence-corrected chi connectivity index (χ1v) is 9.55. The van der Waals surface area contributed by atoms with Gasteiger partial charge in [0.2, 0.25) is 5.91 Å². The Hall–Kier alpha value is -1.63. The van der Waals surface area contributed by atoms with Crippen molar-refractivity contribution in [3.8, 4) is 0 Å². The molecule has 27 heavy (non-hydrogen) atoms. The minimum Gasteiger partial charge on any atom is -0.372 e. The van der Waals surface area contributed by atoms with Gasteiger partial charge in [0.25, 0.3) is 5.91 Å². The zero-order valence-electron chi connectivity index (χ0n) is 16.1. The summed E-state index contributed by atoms with van der Waals surface area (Å²) in [6.45, 7) is 6.72. The number of rotatable bonds is 5. The normalized spacial score (nSPS) is 25.0. The summed E-state index contributed by atoms with van der Waals surface area (Å²) >= 11 is 0. The highest BCUT2D eigenvalue weighted by Gasteiger charge is 2.26. The van der Waals surface area contributed by atoms with Gasteiger partial charge in [-0.25, -0.2) is 0 Å². The van der Waals surface area contributed by atoms with Crippen LogP contribution in [0.15, 0.2) is 24.3 Å². The number of carbonyl (C=O) groups is 2. The van der Waals surface area contributed by atoms with E-state index in [1.165, 1.54) is 0 Å². The Kier molecular flexibility index (Phi) is 8.07. The molecule has 1 aromatic rings. The number of hydrogen-bond acceptors (Lipinski definition) is 4. The molecule has 2 fully saturated rings. The lowest BCUT2D eigenvalue weighted by atomic mass is 10.1. The minimum absolute atomic E-state index is 0. The summed E-state index contributed by atoms with van der Waals surface area (Å²) in [5, 5.41) is 6.29. The maximum Gasteiger partial charge on any atom is 0.254 e. The molecule has 150 valence electrons. The second-order valence-corrected chi connectivity index (χ2v) is 7.44. The molecule has 7 heteroatoms. The van der Waals surface area contributed by atoms with Crippen molar-refractivity contribution in [2.24, 2.45) is 0 Å². The average Bonchev–Trinajstić information content (AvgIpc) is 3.12. The quantitative estimate of drug-likeness (QED) is 0.801. The predicted octanol–water partition coefficient (Wildman–Crippen LogP) is 2.12. The van der Waals surface area contributed by atoms with E-state index >= 15 is 0 Å². The van der Waals surface area contributed by atoms with Crippen LogP contribution in [0.5, 0.6) is 0 Å². The molecule has 3 unspecified atom stereocenters. The van der Waals surface area contributed by atoms with E-state index in [0.29, 0.717) is 37.7 Å². The summed E-state index contributed by atoms with van der Waals surface area (Å²) in [4.78, 5) is 26.5. The molecule has 6 nitrogen and oxygen atoms in total. The van der Waals surface area contributed by atoms with Gasteiger partial charge in [-0.15, -0.1) is 12.4 Å². The molecular formula is C20H30ClN3O3. The summed E-state index contributed by atoms with van der Waals surface area (Å²) in [5.74, 6) is 0.107. The van der Waals surface area contributed by atoms with E-state index in [0.717, 1.165) is 24.9 Å². The van der Waals surface area contributed by atoms with E-state index in [4.69, 9.17) is 4.74 Å². The molecule has 3 atom stereocenters. The maximum absolute atomic E-state index is 12.7. The molecule has 0 bridgehead atoms. The Balaban J connectivity index is 0.00000261. The molecule has 2 heterocycles. The predicted molar refractivity (Wildman–Crippen MR) is 107 cm³/mol. The highest BCUT2D eigenvalue weighted by Crippen LogP contribution is 2.15. The van der Waals surface area contributed by atoms with Crippen molar-refractivity contribution in [1.82, 2.24) is 15.5 Å². The Morgan fingerprint density at radius 2 is 1.85 bits per heavy atom. The number of benzene rings is 1. The molecule has 3 rings (SSSR count). The fraction of sp³-hybridized carbons (Fsp3) is 0.600. The second kappa shape index (κ2) is 10.1. The zero-order chi connectivity index (χ0) is 18.5. The first-order valence-electron chi connectivity index (χ1n) is 9.55. The number of halogens is 1. The van der Waals surface area contributed by atoms with Crippen molar-refractivity contribution >= 4 is 24.2 Å². The number of carbonyl (C=O) groups excluding carboxylic acids is 2. The summed E-state index contributed by atoms with van der Waals surface area (Å²) < 4.78 is 5.68. The number of morpholine rings is 1. The average molecular weight is 396 g/mol. The topological polar surface area (TPSA) is 70.7 Å². The number of nitrogens with zero attached hydrogens (tertiary/aromatic N) is 1. The minimum atomic E-state index is 0. The SMILES string of the molecule is CC1CN(C(=O)c2ccc(CNC(=O)CC3CCCN3)cc2)CC(C)O1.Cl. The van der Waals surface area contributed by atoms with Crippen molar-refractivity contribution in [2.75, 3.05) is 19.6 Å². The van der Waals surface area contributed by atoms with Crippen molar-refractivity contribution in [3.05, 3.63) is 35.4 Å². The fourth-order valence-corrected chi connectivity index (χ4v) is 3.72. The largest absolute Gasteiger partial charge is 0.372 e. The summed E-state index contributed by atoms with van der Waals surface area (Å²) in [7, 11) is 0. The van der Waals surface area contributed by atoms with Gasteiger partial charge in [-0.1, -0.05) is 12.1 Å². The van der Waals surface area contributed by atoms with Crippen LogP contribution >= 0.6 is 12.4 Å². The molecule has 2 amide bonds. The number of amides is 2. The number of nitrogens with one attached hydrogen (secondary N) is 2. The van der Waals surface area contributed by atoms with Gasteiger partial charge in [0.05, 0.1) is 12.2 Å². The molecule has 2 saturated heterocycles. The summed E-state index contributed by atoms with van der Waals surface area (Å²) in [5.41, 5.74) is 1.68. The lowest BCUT2D eigenvalue weighted by molar-refractivity contribution is -0.121. The molecule has 2 N–H and O–H groups in total. The third-order valence-corrected chi connectivity index (χ3v) is 4.99. The van der Waals surface area contributed by atoms with Gasteiger partial charge >= 0.3 is 0 Å². The van der Waals surface area contributed by atoms with Crippen LogP contribution < -0.4 is 10.6 Å². The van der Waals surface area contributed by atoms with Crippen LogP contribution in [0, 0.1) is 0 Å². The highest BCUT2D eigenvalue weighted by atomic mass is 35.5. The fourth-order valence-electron chi connectivity index (χ4n) is 3.72. The van der Waals surface area contributed by atoms with Gasteiger partial charge in [-0.2, -0.15) is 0 Å². The summed E-state index contributed by atoms with van der Waals surface area (Å²) in [6.07, 6.45) is 2.87. The van der Waals surface area contributed by atoms with E-state index in [-0.39, 0.29) is 36.4 Å². The number of hydrogen-bond donors (Lipinski definition) is 2. The molecule has 0 aliphatic carbocycles. The highest BCUT2D eigenvalue weighted by molar-refractivity contribution is 5.94. The van der Waals surface area contributed by atoms with Gasteiger partial charge in [-0.05, 0) is 50.9 Å². The van der Waals surface area contributed by atoms with Gasteiger partial charge < -0.3 is 20.3 Å². The lowest BCUT2D eigenvalue weighted by Gasteiger charge is -2.35. The van der Waals surface area contributed by atoms with Crippen LogP contribution in [-0.4, -0.2) is 54.6 Å². The van der Waals surface area contributed by atoms with E-state index < -0.39 is 0 Å². The molecule has 1 aromatic carbocycles. The van der Waals surface area contributed by atoms with Crippen LogP contribution in [0.4, 0.5) is 0 Å². The Labute approximate surface area is 167 Å². The van der Waals surface area contributed by atoms with E-state index in [1.807, 2.05) is 43.0 Å². The Bertz CT molecular complexity index is 622. The van der Waals surface area contributed by atoms with E-state index in [1.54, 1.807) is 0 Å². The van der Waals surface area contributed by atoms with Crippen LogP contribution in [0.2, 0.25) is 0 Å². The maximum atomic E-state index is 12.7. The van der Waals surface area contributed by atoms with Gasteiger partial charge in [0, 0.05) is 37.7 Å². The molecule has 2 aliphatic heterocycles. The Morgan fingerprint density at radius 3 is 2.44 bits per heavy atom. The van der Waals surface area contributed by atoms with Gasteiger partial charge in [-0.3, -0.25) is 9.59 Å². The van der Waals surface area contributed by atoms with Crippen molar-refractivity contribution in [2.45, 2.75) is 57.9 Å². The molecule has 0 aromatic heterocycles. The van der Waals surface area contributed by atoms with E-state index in [9.17, 15) is 9.59 Å². The molecule has 0 saturated carbocycles. The third-order valence-electron chi connectivity index (χ3n) is 4.99. The van der Waals surface area contributed by atoms with Crippen molar-refractivity contribution < 1.29 is 14.3 Å². The van der Waals surface area contributed by atoms with Crippen LogP contribution in [0.1, 0.15) is 49.0 Å². The summed E-state index contributed by atoms with van der Waals surface area (Å²) in [6, 6.07) is 7.82. The monoisotopic (exact) mass is 395 g/mol. The van der Waals surface area contributed by atoms with Crippen LogP contribution in [0.3, 0.4) is 0 Å².